The van der Waals surface area contributed by atoms with Gasteiger partial charge in [-0.25, -0.2) is 0 Å². The van der Waals surface area contributed by atoms with Gasteiger partial charge in [0.05, 0.1) is 0 Å². The summed E-state index contributed by atoms with van der Waals surface area (Å²) in [4.78, 5) is 11.7. The highest BCUT2D eigenvalue weighted by Crippen LogP contribution is 2.38. The topological polar surface area (TPSA) is 17.1 Å². The van der Waals surface area contributed by atoms with E-state index < -0.39 is 0 Å². The average molecular weight is 208 g/mol. The molecule has 1 saturated carbocycles. The molecule has 1 heteroatoms. The Balaban J connectivity index is 2.50. The summed E-state index contributed by atoms with van der Waals surface area (Å²) in [5.41, 5.74) is 0.0708. The molecule has 0 aromatic rings. The molecule has 1 aliphatic rings. The van der Waals surface area contributed by atoms with Gasteiger partial charge in [-0.3, -0.25) is 4.79 Å². The van der Waals surface area contributed by atoms with Crippen molar-refractivity contribution in [2.75, 3.05) is 0 Å². The van der Waals surface area contributed by atoms with Crippen LogP contribution in [0.2, 0.25) is 0 Å². The van der Waals surface area contributed by atoms with Gasteiger partial charge in [0, 0.05) is 12.3 Å². The van der Waals surface area contributed by atoms with E-state index in [9.17, 15) is 4.79 Å². The van der Waals surface area contributed by atoms with Crippen LogP contribution in [-0.2, 0) is 4.79 Å². The van der Waals surface area contributed by atoms with Crippen LogP contribution in [0, 0.1) is 11.3 Å². The predicted octanol–water partition coefficient (Wildman–Crippen LogP) is 4.13. The molecule has 0 aliphatic heterocycles. The highest BCUT2D eigenvalue weighted by atomic mass is 16.1. The second kappa shape index (κ2) is 5.48. The molecule has 0 aromatic carbocycles. The Morgan fingerprint density at radius 3 is 2.73 bits per heavy atom. The third kappa shape index (κ3) is 3.48. The first-order valence-corrected chi connectivity index (χ1v) is 6.28. The molecule has 0 bridgehead atoms. The zero-order valence-corrected chi connectivity index (χ0v) is 10.4. The lowest BCUT2D eigenvalue weighted by atomic mass is 9.77. The van der Waals surface area contributed by atoms with E-state index in [1.807, 2.05) is 0 Å². The van der Waals surface area contributed by atoms with E-state index in [1.54, 1.807) is 0 Å². The quantitative estimate of drug-likeness (QED) is 0.490. The minimum absolute atomic E-state index is 0.0708. The largest absolute Gasteiger partial charge is 0.299 e. The van der Waals surface area contributed by atoms with Gasteiger partial charge >= 0.3 is 0 Å². The maximum Gasteiger partial charge on any atom is 0.136 e. The number of ketones is 1. The first kappa shape index (κ1) is 12.5. The third-order valence-corrected chi connectivity index (χ3v) is 3.47. The molecule has 0 spiro atoms. The van der Waals surface area contributed by atoms with Gasteiger partial charge < -0.3 is 0 Å². The number of carbonyl (C=O) groups is 1. The number of Topliss-reactive ketones (excluding diaryl/α,β-unsaturated/α-hetero) is 1. The Morgan fingerprint density at radius 2 is 2.20 bits per heavy atom. The summed E-state index contributed by atoms with van der Waals surface area (Å²) < 4.78 is 0. The van der Waals surface area contributed by atoms with Crippen LogP contribution in [0.25, 0.3) is 0 Å². The molecular weight excluding hydrogens is 184 g/mol. The lowest BCUT2D eigenvalue weighted by molar-refractivity contribution is -0.122. The molecule has 1 atom stereocenters. The maximum absolute atomic E-state index is 11.7. The summed E-state index contributed by atoms with van der Waals surface area (Å²) >= 11 is 0. The summed E-state index contributed by atoms with van der Waals surface area (Å²) in [5.74, 6) is 0.746. The van der Waals surface area contributed by atoms with E-state index in [1.165, 1.54) is 12.8 Å². The van der Waals surface area contributed by atoms with Gasteiger partial charge in [-0.2, -0.15) is 0 Å². The van der Waals surface area contributed by atoms with E-state index in [2.05, 4.69) is 32.9 Å². The standard InChI is InChI=1S/C14H24O/c1-4-5-6-7-11-14(2,3)12-9-8-10-13(12)15/h7,11-12H,4-6,8-10H2,1-3H3/b11-7+. The highest BCUT2D eigenvalue weighted by molar-refractivity contribution is 5.83. The number of hydrogen-bond donors (Lipinski definition) is 0. The number of rotatable bonds is 5. The van der Waals surface area contributed by atoms with E-state index in [0.29, 0.717) is 5.78 Å². The van der Waals surface area contributed by atoms with Crippen molar-refractivity contribution in [3.8, 4) is 0 Å². The number of unbranched alkanes of at least 4 members (excludes halogenated alkanes) is 2. The normalized spacial score (nSPS) is 22.9. The van der Waals surface area contributed by atoms with Gasteiger partial charge in [-0.1, -0.05) is 45.8 Å². The van der Waals surface area contributed by atoms with Gasteiger partial charge in [0.25, 0.3) is 0 Å². The van der Waals surface area contributed by atoms with E-state index in [-0.39, 0.29) is 11.3 Å². The first-order valence-electron chi connectivity index (χ1n) is 6.28. The van der Waals surface area contributed by atoms with Gasteiger partial charge in [-0.15, -0.1) is 0 Å². The molecule has 1 nitrogen and oxygen atoms in total. The van der Waals surface area contributed by atoms with Crippen LogP contribution >= 0.6 is 0 Å². The summed E-state index contributed by atoms with van der Waals surface area (Å²) in [6, 6.07) is 0. The molecule has 15 heavy (non-hydrogen) atoms. The van der Waals surface area contributed by atoms with Crippen molar-refractivity contribution in [3.05, 3.63) is 12.2 Å². The molecule has 86 valence electrons. The van der Waals surface area contributed by atoms with Crippen LogP contribution in [0.5, 0.6) is 0 Å². The Hall–Kier alpha value is -0.590. The fourth-order valence-corrected chi connectivity index (χ4v) is 2.43. The molecule has 0 N–H and O–H groups in total. The van der Waals surface area contributed by atoms with Crippen LogP contribution in [0.15, 0.2) is 12.2 Å². The smallest absolute Gasteiger partial charge is 0.136 e. The Morgan fingerprint density at radius 1 is 1.47 bits per heavy atom. The highest BCUT2D eigenvalue weighted by Gasteiger charge is 2.35. The Bertz CT molecular complexity index is 238. The van der Waals surface area contributed by atoms with Crippen LogP contribution in [0.1, 0.15) is 59.3 Å². The van der Waals surface area contributed by atoms with Crippen molar-refractivity contribution >= 4 is 5.78 Å². The number of carbonyl (C=O) groups excluding carboxylic acids is 1. The van der Waals surface area contributed by atoms with Gasteiger partial charge in [0.15, 0.2) is 0 Å². The molecule has 1 rings (SSSR count). The molecular formula is C14H24O. The maximum atomic E-state index is 11.7. The molecule has 1 unspecified atom stereocenters. The molecule has 0 radical (unpaired) electrons. The zero-order valence-electron chi connectivity index (χ0n) is 10.4. The lowest BCUT2D eigenvalue weighted by Crippen LogP contribution is -2.25. The van der Waals surface area contributed by atoms with Crippen molar-refractivity contribution in [2.45, 2.75) is 59.3 Å². The fraction of sp³-hybridized carbons (Fsp3) is 0.786. The van der Waals surface area contributed by atoms with Gasteiger partial charge in [-0.05, 0) is 24.7 Å². The number of allylic oxidation sites excluding steroid dienone is 2. The van der Waals surface area contributed by atoms with Crippen molar-refractivity contribution in [1.82, 2.24) is 0 Å². The summed E-state index contributed by atoms with van der Waals surface area (Å²) in [6.07, 6.45) is 11.2. The van der Waals surface area contributed by atoms with Crippen LogP contribution in [0.3, 0.4) is 0 Å². The third-order valence-electron chi connectivity index (χ3n) is 3.47. The van der Waals surface area contributed by atoms with Crippen molar-refractivity contribution in [1.29, 1.82) is 0 Å². The predicted molar refractivity (Wildman–Crippen MR) is 64.8 cm³/mol. The Kier molecular flexibility index (Phi) is 4.56. The van der Waals surface area contributed by atoms with Crippen LogP contribution in [-0.4, -0.2) is 5.78 Å². The molecule has 0 saturated heterocycles. The summed E-state index contributed by atoms with van der Waals surface area (Å²) in [5, 5.41) is 0. The minimum atomic E-state index is 0.0708. The van der Waals surface area contributed by atoms with Crippen LogP contribution in [0.4, 0.5) is 0 Å². The van der Waals surface area contributed by atoms with E-state index in [4.69, 9.17) is 0 Å². The fourth-order valence-electron chi connectivity index (χ4n) is 2.43. The molecule has 1 fully saturated rings. The monoisotopic (exact) mass is 208 g/mol. The van der Waals surface area contributed by atoms with Crippen molar-refractivity contribution < 1.29 is 4.79 Å². The van der Waals surface area contributed by atoms with Gasteiger partial charge in [0.1, 0.15) is 5.78 Å². The van der Waals surface area contributed by atoms with E-state index >= 15 is 0 Å². The van der Waals surface area contributed by atoms with E-state index in [0.717, 1.165) is 25.7 Å². The van der Waals surface area contributed by atoms with Crippen molar-refractivity contribution in [3.63, 3.8) is 0 Å². The first-order chi connectivity index (χ1) is 7.08. The summed E-state index contributed by atoms with van der Waals surface area (Å²) in [6.45, 7) is 6.60. The average Bonchev–Trinajstić information content (AvgIpc) is 2.60. The molecule has 1 aliphatic carbocycles. The SMILES string of the molecule is CCCC/C=C/C(C)(C)C1CCCC1=O. The van der Waals surface area contributed by atoms with Crippen molar-refractivity contribution in [2.24, 2.45) is 11.3 Å². The second-order valence-corrected chi connectivity index (χ2v) is 5.28. The summed E-state index contributed by atoms with van der Waals surface area (Å²) in [7, 11) is 0. The number of hydrogen-bond acceptors (Lipinski definition) is 1. The zero-order chi connectivity index (χ0) is 11.3. The minimum Gasteiger partial charge on any atom is -0.299 e. The lowest BCUT2D eigenvalue weighted by Gasteiger charge is -2.26. The van der Waals surface area contributed by atoms with Crippen LogP contribution < -0.4 is 0 Å². The second-order valence-electron chi connectivity index (χ2n) is 5.28. The van der Waals surface area contributed by atoms with Gasteiger partial charge in [0.2, 0.25) is 0 Å². The molecule has 0 amide bonds. The Labute approximate surface area is 93.9 Å². The molecule has 0 aromatic heterocycles. The molecule has 0 heterocycles.